The van der Waals surface area contributed by atoms with Gasteiger partial charge in [-0.15, -0.1) is 0 Å². The van der Waals surface area contributed by atoms with E-state index >= 15 is 0 Å². The molecule has 0 saturated carbocycles. The number of hydrogen-bond donors (Lipinski definition) is 3. The van der Waals surface area contributed by atoms with Gasteiger partial charge in [0.25, 0.3) is 0 Å². The lowest BCUT2D eigenvalue weighted by Crippen LogP contribution is -2.49. The molecule has 3 fully saturated rings. The number of aromatic amines is 1. The highest BCUT2D eigenvalue weighted by molar-refractivity contribution is 6.06. The number of H-pyrrole nitrogens is 1. The average molecular weight is 866 g/mol. The first-order valence-electron chi connectivity index (χ1n) is 22.1. The number of carbonyl (C=O) groups excluding carboxylic acids is 3. The highest BCUT2D eigenvalue weighted by Crippen LogP contribution is 2.32. The van der Waals surface area contributed by atoms with Crippen molar-refractivity contribution in [2.45, 2.75) is 72.3 Å². The molecule has 1 atom stereocenters. The van der Waals surface area contributed by atoms with Crippen LogP contribution in [0.5, 0.6) is 0 Å². The fourth-order valence-electron chi connectivity index (χ4n) is 8.99. The number of nitrogens with zero attached hydrogens (tertiary/aromatic N) is 10. The lowest BCUT2D eigenvalue weighted by molar-refractivity contribution is -0.120. The molecule has 2 aromatic carbocycles. The molecule has 3 aliphatic rings. The first kappa shape index (κ1) is 42.5. The largest absolute Gasteiger partial charge is 0.372 e. The van der Waals surface area contributed by atoms with Crippen molar-refractivity contribution in [2.24, 2.45) is 5.92 Å². The van der Waals surface area contributed by atoms with Crippen molar-refractivity contribution in [3.8, 4) is 22.6 Å². The second-order valence-electron chi connectivity index (χ2n) is 18.3. The van der Waals surface area contributed by atoms with Crippen LogP contribution in [0.3, 0.4) is 0 Å². The molecule has 332 valence electrons. The molecule has 17 heteroatoms. The Morgan fingerprint density at radius 1 is 0.875 bits per heavy atom. The minimum absolute atomic E-state index is 0.0575. The predicted octanol–water partition coefficient (Wildman–Crippen LogP) is 6.36. The number of urea groups is 1. The number of imide groups is 1. The van der Waals surface area contributed by atoms with Gasteiger partial charge in [0.2, 0.25) is 5.91 Å². The van der Waals surface area contributed by atoms with Crippen molar-refractivity contribution in [2.75, 3.05) is 67.1 Å². The SMILES string of the molecule is Cc1cc(-c2ncnc3nc(-c4ccc(N5CCN(CC6CCN(c7ccc(N8CCC(=O)NC8=O)c(C)c7)CC6)CC5)nc4)[nH]c23)ccc1[C@@H](C)NC(=O)c1nc(C(C)(C)C)no1. The van der Waals surface area contributed by atoms with Gasteiger partial charge in [0.15, 0.2) is 11.5 Å². The molecule has 0 spiro atoms. The van der Waals surface area contributed by atoms with Crippen LogP contribution in [0, 0.1) is 19.8 Å². The predicted molar refractivity (Wildman–Crippen MR) is 244 cm³/mol. The summed E-state index contributed by atoms with van der Waals surface area (Å²) in [5.74, 6) is 2.06. The van der Waals surface area contributed by atoms with Crippen molar-refractivity contribution >= 4 is 46.2 Å². The number of imidazole rings is 1. The monoisotopic (exact) mass is 865 g/mol. The van der Waals surface area contributed by atoms with Gasteiger partial charge < -0.3 is 24.6 Å². The molecule has 6 aromatic rings. The molecular weight excluding hydrogens is 811 g/mol. The number of carbonyl (C=O) groups is 3. The summed E-state index contributed by atoms with van der Waals surface area (Å²) in [5, 5.41) is 9.38. The maximum atomic E-state index is 12.9. The first-order valence-corrected chi connectivity index (χ1v) is 22.1. The number of anilines is 3. The van der Waals surface area contributed by atoms with E-state index in [9.17, 15) is 14.4 Å². The van der Waals surface area contributed by atoms with Gasteiger partial charge in [0, 0.05) is 92.9 Å². The number of nitrogens with one attached hydrogen (secondary N) is 3. The number of hydrogen-bond acceptors (Lipinski definition) is 13. The van der Waals surface area contributed by atoms with Gasteiger partial charge in [0.05, 0.1) is 11.7 Å². The van der Waals surface area contributed by atoms with Crippen molar-refractivity contribution < 1.29 is 18.9 Å². The van der Waals surface area contributed by atoms with Crippen LogP contribution in [0.4, 0.5) is 22.0 Å². The highest BCUT2D eigenvalue weighted by atomic mass is 16.5. The summed E-state index contributed by atoms with van der Waals surface area (Å²) in [4.78, 5) is 72.6. The van der Waals surface area contributed by atoms with Crippen LogP contribution in [0.2, 0.25) is 0 Å². The van der Waals surface area contributed by atoms with Crippen LogP contribution in [0.1, 0.15) is 86.2 Å². The molecule has 17 nitrogen and oxygen atoms in total. The molecule has 4 aromatic heterocycles. The van der Waals surface area contributed by atoms with E-state index in [1.807, 2.05) is 65.9 Å². The number of fused-ring (bicyclic) bond motifs is 1. The summed E-state index contributed by atoms with van der Waals surface area (Å²) in [6.07, 6.45) is 6.00. The maximum absolute atomic E-state index is 12.9. The summed E-state index contributed by atoms with van der Waals surface area (Å²) >= 11 is 0. The molecule has 4 amide bonds. The van der Waals surface area contributed by atoms with Gasteiger partial charge in [0.1, 0.15) is 23.5 Å². The molecule has 9 rings (SSSR count). The minimum atomic E-state index is -0.420. The molecule has 0 bridgehead atoms. The van der Waals surface area contributed by atoms with Gasteiger partial charge in [-0.1, -0.05) is 38.1 Å². The Balaban J connectivity index is 0.771. The zero-order valence-electron chi connectivity index (χ0n) is 37.3. The molecule has 3 saturated heterocycles. The van der Waals surface area contributed by atoms with Crippen LogP contribution in [-0.2, 0) is 10.2 Å². The van der Waals surface area contributed by atoms with Gasteiger partial charge in [-0.2, -0.15) is 4.98 Å². The van der Waals surface area contributed by atoms with Crippen LogP contribution < -0.4 is 25.3 Å². The number of amides is 4. The molecule has 0 radical (unpaired) electrons. The average Bonchev–Trinajstić information content (AvgIpc) is 3.97. The van der Waals surface area contributed by atoms with Crippen LogP contribution in [-0.4, -0.2) is 110 Å². The van der Waals surface area contributed by atoms with E-state index < -0.39 is 5.91 Å². The fourth-order valence-corrected chi connectivity index (χ4v) is 8.99. The van der Waals surface area contributed by atoms with Crippen LogP contribution in [0.15, 0.2) is 65.6 Å². The number of benzene rings is 2. The quantitative estimate of drug-likeness (QED) is 0.138. The second-order valence-corrected chi connectivity index (χ2v) is 18.3. The smallest absolute Gasteiger partial charge is 0.328 e. The Kier molecular flexibility index (Phi) is 11.6. The lowest BCUT2D eigenvalue weighted by Gasteiger charge is -2.40. The van der Waals surface area contributed by atoms with Crippen molar-refractivity contribution in [1.29, 1.82) is 0 Å². The van der Waals surface area contributed by atoms with Crippen LogP contribution >= 0.6 is 0 Å². The normalized spacial score (nSPS) is 17.2. The number of piperazine rings is 1. The highest BCUT2D eigenvalue weighted by Gasteiger charge is 2.29. The maximum Gasteiger partial charge on any atom is 0.328 e. The third-order valence-corrected chi connectivity index (χ3v) is 12.7. The Morgan fingerprint density at radius 3 is 2.34 bits per heavy atom. The number of pyridine rings is 1. The van der Waals surface area contributed by atoms with Gasteiger partial charge >= 0.3 is 17.8 Å². The Labute approximate surface area is 372 Å². The standard InChI is InChI=1S/C47H55N13O4/c1-28-23-32(7-10-35(28)30(3)51-43(62)44-55-45(56-64-44)47(4,5)6)39-40-42(50-27-49-39)54-41(53-40)33-8-12-37(48-25-33)59-21-19-57(20-22-59)26-31-13-16-58(17-14-31)34-9-11-36(29(2)24-34)60-18-15-38(61)52-46(60)63/h7-12,23-25,27,30-31H,13-22,26H2,1-6H3,(H,51,62)(H,52,61,63)(H,49,50,53,54)/t30-/m1/s1. The molecule has 3 N–H and O–H groups in total. The zero-order chi connectivity index (χ0) is 44.7. The van der Waals surface area contributed by atoms with E-state index in [4.69, 9.17) is 14.5 Å². The van der Waals surface area contributed by atoms with Gasteiger partial charge in [-0.25, -0.2) is 24.7 Å². The summed E-state index contributed by atoms with van der Waals surface area (Å²) in [7, 11) is 0. The lowest BCUT2D eigenvalue weighted by atomic mass is 9.95. The molecule has 7 heterocycles. The van der Waals surface area contributed by atoms with E-state index in [2.05, 4.69) is 80.8 Å². The van der Waals surface area contributed by atoms with Crippen LogP contribution in [0.25, 0.3) is 33.8 Å². The third-order valence-electron chi connectivity index (χ3n) is 12.7. The summed E-state index contributed by atoms with van der Waals surface area (Å²) in [6.45, 7) is 19.2. The van der Waals surface area contributed by atoms with Crippen molar-refractivity contribution in [3.63, 3.8) is 0 Å². The second kappa shape index (κ2) is 17.4. The minimum Gasteiger partial charge on any atom is -0.372 e. The molecular formula is C47H55N13O4. The molecule has 3 aliphatic heterocycles. The first-order chi connectivity index (χ1) is 30.8. The van der Waals surface area contributed by atoms with E-state index in [0.29, 0.717) is 36.2 Å². The molecule has 0 aliphatic carbocycles. The Hall–Kier alpha value is -6.75. The Morgan fingerprint density at radius 2 is 1.66 bits per heavy atom. The van der Waals surface area contributed by atoms with E-state index in [-0.39, 0.29) is 29.3 Å². The number of aryl methyl sites for hydroxylation is 2. The summed E-state index contributed by atoms with van der Waals surface area (Å²) < 4.78 is 5.24. The third kappa shape index (κ3) is 8.89. The van der Waals surface area contributed by atoms with Crippen molar-refractivity contribution in [1.82, 2.24) is 50.6 Å². The number of rotatable bonds is 10. The van der Waals surface area contributed by atoms with E-state index in [0.717, 1.165) is 109 Å². The number of aromatic nitrogens is 7. The van der Waals surface area contributed by atoms with E-state index in [1.54, 1.807) is 4.90 Å². The number of piperidine rings is 1. The van der Waals surface area contributed by atoms with E-state index in [1.165, 1.54) is 12.0 Å². The summed E-state index contributed by atoms with van der Waals surface area (Å²) in [6, 6.07) is 15.8. The van der Waals surface area contributed by atoms with Gasteiger partial charge in [-0.05, 0) is 92.6 Å². The topological polar surface area (TPSA) is 194 Å². The Bertz CT molecular complexity index is 2690. The molecule has 0 unspecified atom stereocenters. The summed E-state index contributed by atoms with van der Waals surface area (Å²) in [5.41, 5.74) is 8.49. The zero-order valence-corrected chi connectivity index (χ0v) is 37.3. The molecule has 64 heavy (non-hydrogen) atoms. The van der Waals surface area contributed by atoms with Gasteiger partial charge in [-0.3, -0.25) is 24.7 Å². The van der Waals surface area contributed by atoms with Crippen molar-refractivity contribution in [3.05, 3.63) is 89.5 Å². The fraction of sp³-hybridized carbons (Fsp3) is 0.426.